The number of rotatable bonds is 1. The smallest absolute Gasteiger partial charge is 0.266 e. The van der Waals surface area contributed by atoms with Crippen molar-refractivity contribution in [2.45, 2.75) is 0 Å². The van der Waals surface area contributed by atoms with Crippen LogP contribution in [0.4, 0.5) is 0 Å². The second-order valence-corrected chi connectivity index (χ2v) is 6.11. The molecule has 0 atom stereocenters. The maximum atomic E-state index is 12.0. The summed E-state index contributed by atoms with van der Waals surface area (Å²) in [6, 6.07) is 3.19. The molecule has 1 saturated heterocycles. The Labute approximate surface area is 128 Å². The van der Waals surface area contributed by atoms with Gasteiger partial charge in [0.05, 0.1) is 9.38 Å². The van der Waals surface area contributed by atoms with E-state index in [0.717, 1.165) is 0 Å². The summed E-state index contributed by atoms with van der Waals surface area (Å²) in [4.78, 5) is 18.0. The third-order valence-corrected chi connectivity index (χ3v) is 4.51. The average Bonchev–Trinajstić information content (AvgIpc) is 2.63. The van der Waals surface area contributed by atoms with Crippen LogP contribution in [0.3, 0.4) is 0 Å². The van der Waals surface area contributed by atoms with E-state index in [1.54, 1.807) is 32.3 Å². The Morgan fingerprint density at radius 3 is 2.79 bits per heavy atom. The number of phenols is 1. The second-order valence-electron chi connectivity index (χ2n) is 3.81. The summed E-state index contributed by atoms with van der Waals surface area (Å²) in [5.41, 5.74) is 0.487. The van der Waals surface area contributed by atoms with Gasteiger partial charge in [-0.1, -0.05) is 11.6 Å². The third-order valence-electron chi connectivity index (χ3n) is 2.54. The number of benzene rings is 1. The van der Waals surface area contributed by atoms with E-state index < -0.39 is 0 Å². The lowest BCUT2D eigenvalue weighted by Crippen LogP contribution is -2.23. The first kappa shape index (κ1) is 14.4. The number of carbonyl (C=O) groups excluding carboxylic acids is 1. The molecule has 0 bridgehead atoms. The van der Waals surface area contributed by atoms with E-state index in [0.29, 0.717) is 25.1 Å². The maximum absolute atomic E-state index is 12.0. The zero-order valence-corrected chi connectivity index (χ0v) is 13.3. The van der Waals surface area contributed by atoms with Crippen molar-refractivity contribution >= 4 is 56.4 Å². The molecule has 19 heavy (non-hydrogen) atoms. The predicted molar refractivity (Wildman–Crippen MR) is 82.5 cm³/mol. The fraction of sp³-hybridized carbons (Fsp3) is 0.167. The van der Waals surface area contributed by atoms with Crippen molar-refractivity contribution in [1.82, 2.24) is 4.90 Å². The molecule has 1 amide bonds. The molecule has 1 aromatic rings. The highest BCUT2D eigenvalue weighted by molar-refractivity contribution is 9.10. The molecule has 1 fully saturated rings. The Kier molecular flexibility index (Phi) is 4.23. The Hall–Kier alpha value is -0.980. The molecule has 1 aromatic carbocycles. The van der Waals surface area contributed by atoms with Gasteiger partial charge in [0.15, 0.2) is 5.17 Å². The molecule has 4 nitrogen and oxygen atoms in total. The highest BCUT2D eigenvalue weighted by atomic mass is 79.9. The van der Waals surface area contributed by atoms with Crippen molar-refractivity contribution in [2.24, 2.45) is 4.99 Å². The van der Waals surface area contributed by atoms with Gasteiger partial charge in [-0.3, -0.25) is 14.7 Å². The Morgan fingerprint density at radius 2 is 2.21 bits per heavy atom. The Bertz CT molecular complexity index is 616. The molecule has 100 valence electrons. The van der Waals surface area contributed by atoms with Crippen LogP contribution in [0, 0.1) is 0 Å². The lowest BCUT2D eigenvalue weighted by atomic mass is 10.2. The fourth-order valence-corrected chi connectivity index (χ4v) is 3.34. The molecule has 0 radical (unpaired) electrons. The van der Waals surface area contributed by atoms with Crippen LogP contribution in [0.1, 0.15) is 5.56 Å². The number of aromatic hydroxyl groups is 1. The third kappa shape index (κ3) is 2.80. The minimum atomic E-state index is -0.152. The van der Waals surface area contributed by atoms with Crippen LogP contribution < -0.4 is 0 Å². The van der Waals surface area contributed by atoms with Crippen molar-refractivity contribution < 1.29 is 9.90 Å². The molecule has 0 aliphatic carbocycles. The van der Waals surface area contributed by atoms with E-state index >= 15 is 0 Å². The van der Waals surface area contributed by atoms with Gasteiger partial charge in [-0.25, -0.2) is 0 Å². The van der Waals surface area contributed by atoms with Crippen LogP contribution >= 0.6 is 39.3 Å². The lowest BCUT2D eigenvalue weighted by molar-refractivity contribution is -0.121. The molecule has 1 aliphatic rings. The summed E-state index contributed by atoms with van der Waals surface area (Å²) in [7, 11) is 3.29. The summed E-state index contributed by atoms with van der Waals surface area (Å²) in [5, 5.41) is 11.0. The minimum absolute atomic E-state index is 0.0508. The monoisotopic (exact) mass is 360 g/mol. The Morgan fingerprint density at radius 1 is 1.53 bits per heavy atom. The zero-order valence-electron chi connectivity index (χ0n) is 10.1. The number of phenolic OH excluding ortho intramolecular Hbond substituents is 1. The highest BCUT2D eigenvalue weighted by Crippen LogP contribution is 2.36. The van der Waals surface area contributed by atoms with Crippen LogP contribution in [0.25, 0.3) is 6.08 Å². The molecule has 1 N–H and O–H groups in total. The van der Waals surface area contributed by atoms with Gasteiger partial charge in [0.25, 0.3) is 5.91 Å². The molecular weight excluding hydrogens is 352 g/mol. The number of likely N-dealkylation sites (N-methyl/N-ethyl adjacent to an activating group) is 1. The highest BCUT2D eigenvalue weighted by Gasteiger charge is 2.30. The first-order valence-corrected chi connectivity index (χ1v) is 7.25. The molecule has 0 saturated carbocycles. The van der Waals surface area contributed by atoms with E-state index in [-0.39, 0.29) is 11.7 Å². The van der Waals surface area contributed by atoms with Crippen molar-refractivity contribution in [1.29, 1.82) is 0 Å². The van der Waals surface area contributed by atoms with Crippen molar-refractivity contribution in [3.05, 3.63) is 32.1 Å². The summed E-state index contributed by atoms with van der Waals surface area (Å²) < 4.78 is 0.486. The number of carbonyl (C=O) groups is 1. The van der Waals surface area contributed by atoms with Crippen LogP contribution in [0.5, 0.6) is 5.75 Å². The van der Waals surface area contributed by atoms with Gasteiger partial charge in [-0.05, 0) is 45.9 Å². The number of thioether (sulfide) groups is 1. The van der Waals surface area contributed by atoms with Crippen molar-refractivity contribution in [2.75, 3.05) is 14.1 Å². The first-order valence-electron chi connectivity index (χ1n) is 5.26. The van der Waals surface area contributed by atoms with E-state index in [1.807, 2.05) is 0 Å². The van der Waals surface area contributed by atoms with Crippen LogP contribution in [0.15, 0.2) is 26.5 Å². The van der Waals surface area contributed by atoms with E-state index in [4.69, 9.17) is 11.6 Å². The number of aliphatic imine (C=N–C) groups is 1. The Balaban J connectivity index is 2.46. The minimum Gasteiger partial charge on any atom is -0.506 e. The normalized spacial score (nSPS) is 19.8. The number of hydrogen-bond donors (Lipinski definition) is 1. The van der Waals surface area contributed by atoms with Gasteiger partial charge < -0.3 is 5.11 Å². The van der Waals surface area contributed by atoms with Crippen molar-refractivity contribution in [3.8, 4) is 5.75 Å². The molecule has 0 spiro atoms. The van der Waals surface area contributed by atoms with Gasteiger partial charge in [-0.15, -0.1) is 0 Å². The molecule has 2 rings (SSSR count). The zero-order chi connectivity index (χ0) is 14.2. The summed E-state index contributed by atoms with van der Waals surface area (Å²) in [6.45, 7) is 0. The summed E-state index contributed by atoms with van der Waals surface area (Å²) in [6.07, 6.45) is 1.60. The summed E-state index contributed by atoms with van der Waals surface area (Å²) >= 11 is 10.4. The van der Waals surface area contributed by atoms with Crippen LogP contribution in [-0.2, 0) is 4.79 Å². The predicted octanol–water partition coefficient (Wildman–Crippen LogP) is 3.34. The average molecular weight is 362 g/mol. The fourth-order valence-electron chi connectivity index (χ4n) is 1.59. The number of hydrogen-bond acceptors (Lipinski definition) is 4. The first-order chi connectivity index (χ1) is 8.93. The summed E-state index contributed by atoms with van der Waals surface area (Å²) in [5.74, 6) is -0.101. The van der Waals surface area contributed by atoms with Crippen LogP contribution in [-0.4, -0.2) is 35.2 Å². The number of nitrogens with zero attached hydrogens (tertiary/aromatic N) is 2. The number of amides is 1. The number of amidine groups is 1. The van der Waals surface area contributed by atoms with Crippen LogP contribution in [0.2, 0.25) is 5.02 Å². The maximum Gasteiger partial charge on any atom is 0.266 e. The molecule has 7 heteroatoms. The lowest BCUT2D eigenvalue weighted by Gasteiger charge is -2.05. The van der Waals surface area contributed by atoms with Gasteiger partial charge in [0.2, 0.25) is 0 Å². The topological polar surface area (TPSA) is 52.9 Å². The van der Waals surface area contributed by atoms with E-state index in [9.17, 15) is 9.90 Å². The molecule has 1 heterocycles. The SMILES string of the molecule is CN=C1S/C(=C/c2cc(Cl)cc(Br)c2O)C(=O)N1C. The molecule has 0 aromatic heterocycles. The number of halogens is 2. The van der Waals surface area contributed by atoms with E-state index in [1.165, 1.54) is 16.7 Å². The van der Waals surface area contributed by atoms with Gasteiger partial charge in [0, 0.05) is 24.7 Å². The standard InChI is InChI=1S/C12H10BrClN2O2S/c1-15-12-16(2)11(18)9(19-12)4-6-3-7(14)5-8(13)10(6)17/h3-5,17H,1-2H3/b9-4+,15-12?. The quantitative estimate of drug-likeness (QED) is 0.781. The van der Waals surface area contributed by atoms with Gasteiger partial charge in [0.1, 0.15) is 5.75 Å². The van der Waals surface area contributed by atoms with Gasteiger partial charge >= 0.3 is 0 Å². The van der Waals surface area contributed by atoms with Gasteiger partial charge in [-0.2, -0.15) is 0 Å². The van der Waals surface area contributed by atoms with Crippen molar-refractivity contribution in [3.63, 3.8) is 0 Å². The molecule has 0 unspecified atom stereocenters. The largest absolute Gasteiger partial charge is 0.506 e. The molecule has 1 aliphatic heterocycles. The molecular formula is C12H10BrClN2O2S. The van der Waals surface area contributed by atoms with E-state index in [2.05, 4.69) is 20.9 Å². The second kappa shape index (κ2) is 5.56.